The largest absolute Gasteiger partial charge is 0.419 e. The number of benzene rings is 2. The van der Waals surface area contributed by atoms with Crippen molar-refractivity contribution in [2.45, 2.75) is 13.5 Å². The summed E-state index contributed by atoms with van der Waals surface area (Å²) < 4.78 is 6.59. The van der Waals surface area contributed by atoms with Crippen molar-refractivity contribution in [2.75, 3.05) is 7.05 Å². The Morgan fingerprint density at radius 3 is 2.42 bits per heavy atom. The minimum Gasteiger partial charge on any atom is -0.419 e. The van der Waals surface area contributed by atoms with Gasteiger partial charge in [-0.15, -0.1) is 10.2 Å². The third-order valence-electron chi connectivity index (χ3n) is 3.58. The average molecular weight is 386 g/mol. The van der Waals surface area contributed by atoms with Crippen LogP contribution < -0.4 is 0 Å². The van der Waals surface area contributed by atoms with Crippen molar-refractivity contribution in [3.8, 4) is 11.5 Å². The van der Waals surface area contributed by atoms with Crippen molar-refractivity contribution >= 4 is 21.8 Å². The molecule has 0 N–H and O–H groups in total. The van der Waals surface area contributed by atoms with Gasteiger partial charge in [-0.1, -0.05) is 33.6 Å². The Morgan fingerprint density at radius 1 is 1.08 bits per heavy atom. The highest BCUT2D eigenvalue weighted by Crippen LogP contribution is 2.19. The molecule has 0 unspecified atom stereocenters. The minimum atomic E-state index is -0.0995. The van der Waals surface area contributed by atoms with Crippen molar-refractivity contribution < 1.29 is 9.21 Å². The molecule has 1 heterocycles. The third kappa shape index (κ3) is 3.71. The zero-order valence-corrected chi connectivity index (χ0v) is 14.9. The number of hydrogen-bond acceptors (Lipinski definition) is 4. The van der Waals surface area contributed by atoms with Crippen LogP contribution in [0.3, 0.4) is 0 Å². The standard InChI is InChI=1S/C18H16BrN3O2/c1-12-3-5-13(6-4-12)17-21-20-16(24-17)11-22(2)18(23)14-7-9-15(19)10-8-14/h3-10H,11H2,1-2H3. The Labute approximate surface area is 148 Å². The zero-order chi connectivity index (χ0) is 17.1. The smallest absolute Gasteiger partial charge is 0.254 e. The monoisotopic (exact) mass is 385 g/mol. The minimum absolute atomic E-state index is 0.0995. The van der Waals surface area contributed by atoms with Gasteiger partial charge >= 0.3 is 0 Å². The molecule has 0 aliphatic rings. The first kappa shape index (κ1) is 16.4. The molecule has 1 aromatic heterocycles. The topological polar surface area (TPSA) is 59.2 Å². The lowest BCUT2D eigenvalue weighted by molar-refractivity contribution is 0.0773. The van der Waals surface area contributed by atoms with E-state index in [2.05, 4.69) is 26.1 Å². The number of nitrogens with zero attached hydrogens (tertiary/aromatic N) is 3. The van der Waals surface area contributed by atoms with Gasteiger partial charge in [0.15, 0.2) is 0 Å². The summed E-state index contributed by atoms with van der Waals surface area (Å²) in [6.45, 7) is 2.28. The maximum atomic E-state index is 12.4. The van der Waals surface area contributed by atoms with E-state index in [0.29, 0.717) is 17.3 Å². The van der Waals surface area contributed by atoms with Gasteiger partial charge in [-0.25, -0.2) is 0 Å². The molecule has 0 bridgehead atoms. The van der Waals surface area contributed by atoms with Gasteiger partial charge in [0.05, 0.1) is 6.54 Å². The normalized spacial score (nSPS) is 10.6. The Hall–Kier alpha value is -2.47. The van der Waals surface area contributed by atoms with Crippen LogP contribution in [0.25, 0.3) is 11.5 Å². The molecular weight excluding hydrogens is 370 g/mol. The molecule has 3 rings (SSSR count). The molecule has 0 aliphatic carbocycles. The first-order chi connectivity index (χ1) is 11.5. The summed E-state index contributed by atoms with van der Waals surface area (Å²) in [5.74, 6) is 0.755. The summed E-state index contributed by atoms with van der Waals surface area (Å²) >= 11 is 3.36. The van der Waals surface area contributed by atoms with E-state index in [1.54, 1.807) is 24.1 Å². The summed E-state index contributed by atoms with van der Waals surface area (Å²) in [5, 5.41) is 8.08. The fourth-order valence-corrected chi connectivity index (χ4v) is 2.48. The number of carbonyl (C=O) groups is 1. The SMILES string of the molecule is Cc1ccc(-c2nnc(CN(C)C(=O)c3ccc(Br)cc3)o2)cc1. The molecule has 2 aromatic carbocycles. The Morgan fingerprint density at radius 2 is 1.75 bits per heavy atom. The first-order valence-corrected chi connectivity index (χ1v) is 8.22. The van der Waals surface area contributed by atoms with Crippen LogP contribution in [0.5, 0.6) is 0 Å². The molecule has 1 amide bonds. The molecule has 3 aromatic rings. The number of amides is 1. The molecule has 0 aliphatic heterocycles. The Kier molecular flexibility index (Phi) is 4.76. The number of halogens is 1. The summed E-state index contributed by atoms with van der Waals surface area (Å²) in [4.78, 5) is 13.9. The van der Waals surface area contributed by atoms with E-state index < -0.39 is 0 Å². The summed E-state index contributed by atoms with van der Waals surface area (Å²) in [6, 6.07) is 15.1. The van der Waals surface area contributed by atoms with Gasteiger partial charge in [0, 0.05) is 22.6 Å². The van der Waals surface area contributed by atoms with Crippen LogP contribution in [0.2, 0.25) is 0 Å². The fourth-order valence-electron chi connectivity index (χ4n) is 2.22. The van der Waals surface area contributed by atoms with Crippen LogP contribution in [-0.4, -0.2) is 28.1 Å². The lowest BCUT2D eigenvalue weighted by atomic mass is 10.1. The molecule has 0 spiro atoms. The van der Waals surface area contributed by atoms with Crippen LogP contribution >= 0.6 is 15.9 Å². The maximum Gasteiger partial charge on any atom is 0.254 e. The average Bonchev–Trinajstić information content (AvgIpc) is 3.04. The second kappa shape index (κ2) is 6.97. The van der Waals surface area contributed by atoms with Gasteiger partial charge in [0.2, 0.25) is 11.8 Å². The van der Waals surface area contributed by atoms with Crippen LogP contribution in [0.4, 0.5) is 0 Å². The van der Waals surface area contributed by atoms with E-state index in [9.17, 15) is 4.79 Å². The van der Waals surface area contributed by atoms with Crippen molar-refractivity contribution in [1.82, 2.24) is 15.1 Å². The predicted octanol–water partition coefficient (Wildman–Crippen LogP) is 4.08. The van der Waals surface area contributed by atoms with E-state index in [1.807, 2.05) is 43.3 Å². The van der Waals surface area contributed by atoms with E-state index in [1.165, 1.54) is 5.56 Å². The van der Waals surface area contributed by atoms with Gasteiger partial charge < -0.3 is 9.32 Å². The molecule has 0 saturated heterocycles. The number of aryl methyl sites for hydroxylation is 1. The lowest BCUT2D eigenvalue weighted by Crippen LogP contribution is -2.26. The Bertz CT molecular complexity index is 841. The van der Waals surface area contributed by atoms with Crippen LogP contribution in [0.1, 0.15) is 21.8 Å². The van der Waals surface area contributed by atoms with Gasteiger partial charge in [0.25, 0.3) is 5.91 Å². The molecule has 122 valence electrons. The number of aromatic nitrogens is 2. The summed E-state index contributed by atoms with van der Waals surface area (Å²) in [6.07, 6.45) is 0. The summed E-state index contributed by atoms with van der Waals surface area (Å²) in [7, 11) is 1.71. The van der Waals surface area contributed by atoms with Crippen molar-refractivity contribution in [1.29, 1.82) is 0 Å². The van der Waals surface area contributed by atoms with Crippen LogP contribution in [0.15, 0.2) is 57.4 Å². The molecule has 6 heteroatoms. The van der Waals surface area contributed by atoms with E-state index in [4.69, 9.17) is 4.42 Å². The van der Waals surface area contributed by atoms with Crippen molar-refractivity contribution in [3.63, 3.8) is 0 Å². The van der Waals surface area contributed by atoms with Gasteiger partial charge in [-0.2, -0.15) is 0 Å². The fraction of sp³-hybridized carbons (Fsp3) is 0.167. The lowest BCUT2D eigenvalue weighted by Gasteiger charge is -2.14. The Balaban J connectivity index is 1.70. The highest BCUT2D eigenvalue weighted by Gasteiger charge is 2.16. The quantitative estimate of drug-likeness (QED) is 0.678. The van der Waals surface area contributed by atoms with E-state index in [0.717, 1.165) is 10.0 Å². The molecule has 24 heavy (non-hydrogen) atoms. The molecule has 0 saturated carbocycles. The van der Waals surface area contributed by atoms with Gasteiger partial charge in [-0.3, -0.25) is 4.79 Å². The number of hydrogen-bond donors (Lipinski definition) is 0. The molecule has 0 atom stereocenters. The van der Waals surface area contributed by atoms with Crippen molar-refractivity contribution in [3.05, 3.63) is 70.0 Å². The third-order valence-corrected chi connectivity index (χ3v) is 4.10. The molecule has 5 nitrogen and oxygen atoms in total. The molecular formula is C18H16BrN3O2. The van der Waals surface area contributed by atoms with Crippen LogP contribution in [0, 0.1) is 6.92 Å². The second-order valence-corrected chi connectivity index (χ2v) is 6.45. The highest BCUT2D eigenvalue weighted by molar-refractivity contribution is 9.10. The zero-order valence-electron chi connectivity index (χ0n) is 13.4. The number of rotatable bonds is 4. The number of carbonyl (C=O) groups excluding carboxylic acids is 1. The van der Waals surface area contributed by atoms with Crippen molar-refractivity contribution in [2.24, 2.45) is 0 Å². The molecule has 0 radical (unpaired) electrons. The van der Waals surface area contributed by atoms with Crippen LogP contribution in [-0.2, 0) is 6.54 Å². The van der Waals surface area contributed by atoms with E-state index >= 15 is 0 Å². The summed E-state index contributed by atoms with van der Waals surface area (Å²) in [5.41, 5.74) is 2.64. The first-order valence-electron chi connectivity index (χ1n) is 7.43. The van der Waals surface area contributed by atoms with Gasteiger partial charge in [-0.05, 0) is 43.3 Å². The predicted molar refractivity (Wildman–Crippen MR) is 94.4 cm³/mol. The van der Waals surface area contributed by atoms with Gasteiger partial charge in [0.1, 0.15) is 0 Å². The maximum absolute atomic E-state index is 12.4. The van der Waals surface area contributed by atoms with E-state index in [-0.39, 0.29) is 12.5 Å². The highest BCUT2D eigenvalue weighted by atomic mass is 79.9. The molecule has 0 fully saturated rings. The second-order valence-electron chi connectivity index (χ2n) is 5.54.